The largest absolute Gasteiger partial charge is 0.384 e. The molecule has 0 aliphatic heterocycles. The predicted molar refractivity (Wildman–Crippen MR) is 45.2 cm³/mol. The van der Waals surface area contributed by atoms with Crippen LogP contribution < -0.4 is 11.1 Å². The smallest absolute Gasteiger partial charge is 0.222 e. The highest BCUT2D eigenvalue weighted by Gasteiger charge is 1.99. The second-order valence-electron chi connectivity index (χ2n) is 1.87. The van der Waals surface area contributed by atoms with Crippen LogP contribution in [0.5, 0.6) is 0 Å². The number of rotatable bonds is 2. The predicted octanol–water partition coefficient (Wildman–Crippen LogP) is 0.433. The van der Waals surface area contributed by atoms with E-state index >= 15 is 0 Å². The summed E-state index contributed by atoms with van der Waals surface area (Å²) in [6, 6.07) is 0. The Morgan fingerprint density at radius 1 is 1.73 bits per heavy atom. The first-order valence-electron chi connectivity index (χ1n) is 3.05. The quantitative estimate of drug-likeness (QED) is 0.601. The molecule has 0 aliphatic carbocycles. The Morgan fingerprint density at radius 3 is 3.00 bits per heavy atom. The standard InChI is InChI=1S/C6H9N5/c1-8-4-3-10-6(7)11-5(4)9-2/h3,8H,2H2,1H3,(H2,7,10,11). The normalized spacial score (nSPS) is 9.18. The van der Waals surface area contributed by atoms with E-state index in [0.717, 1.165) is 0 Å². The van der Waals surface area contributed by atoms with Crippen molar-refractivity contribution in [1.29, 1.82) is 0 Å². The van der Waals surface area contributed by atoms with Gasteiger partial charge in [0.25, 0.3) is 0 Å². The monoisotopic (exact) mass is 151 g/mol. The molecule has 0 saturated carbocycles. The zero-order valence-corrected chi connectivity index (χ0v) is 6.20. The number of nitrogens with one attached hydrogen (secondary N) is 1. The molecule has 11 heavy (non-hydrogen) atoms. The highest BCUT2D eigenvalue weighted by atomic mass is 15.1. The fourth-order valence-electron chi connectivity index (χ4n) is 0.683. The minimum Gasteiger partial charge on any atom is -0.384 e. The first kappa shape index (κ1) is 7.46. The molecule has 58 valence electrons. The summed E-state index contributed by atoms with van der Waals surface area (Å²) in [6.07, 6.45) is 1.56. The Morgan fingerprint density at radius 2 is 2.45 bits per heavy atom. The number of hydrogen-bond donors (Lipinski definition) is 2. The van der Waals surface area contributed by atoms with Crippen LogP contribution in [0.2, 0.25) is 0 Å². The SMILES string of the molecule is C=Nc1nc(N)ncc1NC. The van der Waals surface area contributed by atoms with E-state index in [1.807, 2.05) is 0 Å². The molecular formula is C6H9N5. The number of nitrogen functional groups attached to an aromatic ring is 1. The van der Waals surface area contributed by atoms with Crippen molar-refractivity contribution in [3.05, 3.63) is 6.20 Å². The first-order chi connectivity index (χ1) is 5.27. The second kappa shape index (κ2) is 2.96. The Labute approximate surface area is 64.4 Å². The molecule has 0 amide bonds. The van der Waals surface area contributed by atoms with Crippen molar-refractivity contribution >= 4 is 24.2 Å². The third-order valence-corrected chi connectivity index (χ3v) is 1.21. The molecule has 3 N–H and O–H groups in total. The number of anilines is 2. The molecule has 0 unspecified atom stereocenters. The molecule has 0 aliphatic rings. The molecule has 0 saturated heterocycles. The average molecular weight is 151 g/mol. The molecule has 1 rings (SSSR count). The van der Waals surface area contributed by atoms with Crippen molar-refractivity contribution in [1.82, 2.24) is 9.97 Å². The first-order valence-corrected chi connectivity index (χ1v) is 3.05. The van der Waals surface area contributed by atoms with E-state index in [1.165, 1.54) is 0 Å². The molecule has 5 nitrogen and oxygen atoms in total. The van der Waals surface area contributed by atoms with E-state index in [4.69, 9.17) is 5.73 Å². The van der Waals surface area contributed by atoms with Gasteiger partial charge in [0.1, 0.15) is 0 Å². The summed E-state index contributed by atoms with van der Waals surface area (Å²) in [4.78, 5) is 11.3. The van der Waals surface area contributed by atoms with Crippen molar-refractivity contribution < 1.29 is 0 Å². The highest BCUT2D eigenvalue weighted by Crippen LogP contribution is 2.19. The summed E-state index contributed by atoms with van der Waals surface area (Å²) in [6.45, 7) is 3.34. The van der Waals surface area contributed by atoms with Crippen molar-refractivity contribution in [2.24, 2.45) is 4.99 Å². The second-order valence-corrected chi connectivity index (χ2v) is 1.87. The van der Waals surface area contributed by atoms with Gasteiger partial charge >= 0.3 is 0 Å². The molecule has 1 aromatic heterocycles. The number of aliphatic imine (C=N–C) groups is 1. The van der Waals surface area contributed by atoms with Crippen LogP contribution in [0.3, 0.4) is 0 Å². The molecule has 0 spiro atoms. The summed E-state index contributed by atoms with van der Waals surface area (Å²) in [7, 11) is 1.75. The third kappa shape index (κ3) is 1.43. The van der Waals surface area contributed by atoms with Crippen LogP contribution >= 0.6 is 0 Å². The minimum atomic E-state index is 0.200. The fourth-order valence-corrected chi connectivity index (χ4v) is 0.683. The Balaban J connectivity index is 3.16. The van der Waals surface area contributed by atoms with Crippen LogP contribution in [-0.2, 0) is 0 Å². The van der Waals surface area contributed by atoms with Gasteiger partial charge in [-0.2, -0.15) is 4.98 Å². The topological polar surface area (TPSA) is 76.2 Å². The summed E-state index contributed by atoms with van der Waals surface area (Å²) in [5.41, 5.74) is 6.04. The van der Waals surface area contributed by atoms with Crippen LogP contribution in [0.1, 0.15) is 0 Å². The maximum absolute atomic E-state index is 5.32. The molecular weight excluding hydrogens is 142 g/mol. The Bertz CT molecular complexity index is 270. The van der Waals surface area contributed by atoms with Gasteiger partial charge in [-0.1, -0.05) is 0 Å². The average Bonchev–Trinajstić information content (AvgIpc) is 2.04. The lowest BCUT2D eigenvalue weighted by Gasteiger charge is -2.01. The summed E-state index contributed by atoms with van der Waals surface area (Å²) in [5.74, 6) is 0.673. The van der Waals surface area contributed by atoms with E-state index in [9.17, 15) is 0 Å². The van der Waals surface area contributed by atoms with Gasteiger partial charge in [-0.05, 0) is 6.72 Å². The molecule has 0 radical (unpaired) electrons. The number of aromatic nitrogens is 2. The maximum Gasteiger partial charge on any atom is 0.222 e. The summed E-state index contributed by atoms with van der Waals surface area (Å²) >= 11 is 0. The molecule has 1 heterocycles. The van der Waals surface area contributed by atoms with Gasteiger partial charge in [0, 0.05) is 7.05 Å². The number of hydrogen-bond acceptors (Lipinski definition) is 5. The molecule has 0 aromatic carbocycles. The van der Waals surface area contributed by atoms with Gasteiger partial charge in [-0.25, -0.2) is 9.98 Å². The van der Waals surface area contributed by atoms with Gasteiger partial charge in [0.15, 0.2) is 5.82 Å². The van der Waals surface area contributed by atoms with Crippen molar-refractivity contribution in [2.45, 2.75) is 0 Å². The molecule has 5 heteroatoms. The third-order valence-electron chi connectivity index (χ3n) is 1.21. The zero-order valence-electron chi connectivity index (χ0n) is 6.20. The summed E-state index contributed by atoms with van der Waals surface area (Å²) in [5, 5.41) is 2.86. The zero-order chi connectivity index (χ0) is 8.27. The van der Waals surface area contributed by atoms with E-state index in [2.05, 4.69) is 27.0 Å². The lowest BCUT2D eigenvalue weighted by atomic mass is 10.5. The van der Waals surface area contributed by atoms with E-state index < -0.39 is 0 Å². The number of nitrogens with two attached hydrogens (primary N) is 1. The van der Waals surface area contributed by atoms with Crippen LogP contribution in [0.4, 0.5) is 17.5 Å². The van der Waals surface area contributed by atoms with Crippen LogP contribution in [0, 0.1) is 0 Å². The Hall–Kier alpha value is -1.65. The van der Waals surface area contributed by atoms with E-state index in [-0.39, 0.29) is 5.95 Å². The Kier molecular flexibility index (Phi) is 2.00. The lowest BCUT2D eigenvalue weighted by molar-refractivity contribution is 1.17. The van der Waals surface area contributed by atoms with Crippen molar-refractivity contribution in [3.63, 3.8) is 0 Å². The molecule has 1 aromatic rings. The fraction of sp³-hybridized carbons (Fsp3) is 0.167. The van der Waals surface area contributed by atoms with E-state index in [0.29, 0.717) is 11.5 Å². The van der Waals surface area contributed by atoms with Crippen LogP contribution in [-0.4, -0.2) is 23.7 Å². The van der Waals surface area contributed by atoms with Crippen molar-refractivity contribution in [3.8, 4) is 0 Å². The maximum atomic E-state index is 5.32. The van der Waals surface area contributed by atoms with Crippen LogP contribution in [0.25, 0.3) is 0 Å². The minimum absolute atomic E-state index is 0.200. The highest BCUT2D eigenvalue weighted by molar-refractivity contribution is 5.63. The van der Waals surface area contributed by atoms with Crippen LogP contribution in [0.15, 0.2) is 11.2 Å². The molecule has 0 bridgehead atoms. The van der Waals surface area contributed by atoms with Crippen molar-refractivity contribution in [2.75, 3.05) is 18.1 Å². The molecule has 0 fully saturated rings. The van der Waals surface area contributed by atoms with Gasteiger partial charge in [0.2, 0.25) is 5.95 Å². The van der Waals surface area contributed by atoms with E-state index in [1.54, 1.807) is 13.2 Å². The number of nitrogens with zero attached hydrogens (tertiary/aromatic N) is 3. The summed E-state index contributed by atoms with van der Waals surface area (Å²) < 4.78 is 0. The lowest BCUT2D eigenvalue weighted by Crippen LogP contribution is -1.97. The van der Waals surface area contributed by atoms with Gasteiger partial charge in [-0.3, -0.25) is 0 Å². The molecule has 0 atom stereocenters. The van der Waals surface area contributed by atoms with Gasteiger partial charge < -0.3 is 11.1 Å². The van der Waals surface area contributed by atoms with Gasteiger partial charge in [-0.15, -0.1) is 0 Å². The van der Waals surface area contributed by atoms with Gasteiger partial charge in [0.05, 0.1) is 11.9 Å².